The van der Waals surface area contributed by atoms with E-state index in [0.717, 1.165) is 36.1 Å². The Labute approximate surface area is 159 Å². The monoisotopic (exact) mass is 361 g/mol. The Balaban J connectivity index is 1.73. The van der Waals surface area contributed by atoms with Gasteiger partial charge in [-0.1, -0.05) is 30.3 Å². The lowest BCUT2D eigenvalue weighted by molar-refractivity contribution is 0.247. The quantitative estimate of drug-likeness (QED) is 0.871. The van der Waals surface area contributed by atoms with Crippen LogP contribution < -0.4 is 15.4 Å². The highest BCUT2D eigenvalue weighted by atomic mass is 16.5. The molecule has 2 aromatic rings. The largest absolute Gasteiger partial charge is 0.497 e. The minimum atomic E-state index is -0.0636. The fraction of sp³-hybridized carbons (Fsp3) is 0.364. The van der Waals surface area contributed by atoms with Gasteiger partial charge in [-0.05, 0) is 59.6 Å². The number of methoxy groups -OCH3 is 1. The summed E-state index contributed by atoms with van der Waals surface area (Å²) in [5, 5.41) is 15.4. The van der Waals surface area contributed by atoms with Gasteiger partial charge in [0.2, 0.25) is 0 Å². The Morgan fingerprint density at radius 1 is 1.11 bits per heavy atom. The van der Waals surface area contributed by atoms with E-state index >= 15 is 0 Å². The predicted octanol–water partition coefficient (Wildman–Crippen LogP) is 3.75. The molecule has 4 rings (SSSR count). The molecule has 138 valence electrons. The maximum absolute atomic E-state index is 11.7. The van der Waals surface area contributed by atoms with Gasteiger partial charge in [0, 0.05) is 0 Å². The Kier molecular flexibility index (Phi) is 4.72. The molecule has 1 heterocycles. The molecule has 0 aromatic heterocycles. The van der Waals surface area contributed by atoms with Crippen molar-refractivity contribution in [3.8, 4) is 22.9 Å². The van der Waals surface area contributed by atoms with Crippen LogP contribution in [0.15, 0.2) is 42.5 Å². The van der Waals surface area contributed by atoms with Crippen LogP contribution in [0.2, 0.25) is 0 Å². The average Bonchev–Trinajstić information content (AvgIpc) is 3.07. The summed E-state index contributed by atoms with van der Waals surface area (Å²) >= 11 is 0. The van der Waals surface area contributed by atoms with Crippen molar-refractivity contribution < 1.29 is 9.53 Å². The number of nitriles is 1. The number of benzene rings is 2. The van der Waals surface area contributed by atoms with Gasteiger partial charge in [0.05, 0.1) is 31.7 Å². The molecule has 2 fully saturated rings. The van der Waals surface area contributed by atoms with E-state index < -0.39 is 0 Å². The van der Waals surface area contributed by atoms with Crippen LogP contribution in [0, 0.1) is 11.3 Å². The molecule has 1 aliphatic carbocycles. The Bertz CT molecular complexity index is 885. The Hall–Kier alpha value is -3.00. The van der Waals surface area contributed by atoms with E-state index in [9.17, 15) is 10.1 Å². The second-order valence-corrected chi connectivity index (χ2v) is 7.28. The Morgan fingerprint density at radius 2 is 1.89 bits per heavy atom. The topological polar surface area (TPSA) is 74.1 Å². The Morgan fingerprint density at radius 3 is 2.63 bits per heavy atom. The lowest BCUT2D eigenvalue weighted by atomic mass is 9.75. The van der Waals surface area contributed by atoms with Gasteiger partial charge in [0.15, 0.2) is 0 Å². The maximum Gasteiger partial charge on any atom is 0.315 e. The maximum atomic E-state index is 11.7. The van der Waals surface area contributed by atoms with Crippen molar-refractivity contribution in [1.82, 2.24) is 10.6 Å². The molecule has 0 spiro atoms. The molecule has 2 amide bonds. The first-order valence-electron chi connectivity index (χ1n) is 9.39. The van der Waals surface area contributed by atoms with Crippen molar-refractivity contribution in [3.05, 3.63) is 53.6 Å². The zero-order chi connectivity index (χ0) is 18.8. The summed E-state index contributed by atoms with van der Waals surface area (Å²) in [7, 11) is 1.66. The molecule has 0 bridgehead atoms. The molecule has 0 radical (unpaired) electrons. The standard InChI is InChI=1S/C22H23N3O2/c1-27-17-8-5-14(6-9-17)18-4-2-3-15(11-12-23)21(18)16-7-10-19-20(13-16)25-22(26)24-19/h2-6,8-9,16,19-20H,7,10-11,13H2,1H3,(H2,24,25,26). The van der Waals surface area contributed by atoms with E-state index in [1.54, 1.807) is 7.11 Å². The van der Waals surface area contributed by atoms with E-state index in [0.29, 0.717) is 12.3 Å². The van der Waals surface area contributed by atoms with Crippen molar-refractivity contribution in [2.45, 2.75) is 43.7 Å². The lowest BCUT2D eigenvalue weighted by Gasteiger charge is -2.33. The van der Waals surface area contributed by atoms with Crippen LogP contribution in [0.3, 0.4) is 0 Å². The summed E-state index contributed by atoms with van der Waals surface area (Å²) in [6.45, 7) is 0. The van der Waals surface area contributed by atoms with Gasteiger partial charge in [0.25, 0.3) is 0 Å². The van der Waals surface area contributed by atoms with E-state index in [4.69, 9.17) is 4.74 Å². The molecule has 5 nitrogen and oxygen atoms in total. The van der Waals surface area contributed by atoms with Crippen molar-refractivity contribution in [3.63, 3.8) is 0 Å². The van der Waals surface area contributed by atoms with E-state index in [-0.39, 0.29) is 18.1 Å². The highest BCUT2D eigenvalue weighted by Gasteiger charge is 2.38. The zero-order valence-electron chi connectivity index (χ0n) is 15.4. The van der Waals surface area contributed by atoms with E-state index in [2.05, 4.69) is 41.0 Å². The van der Waals surface area contributed by atoms with Crippen LogP contribution in [-0.2, 0) is 6.42 Å². The second kappa shape index (κ2) is 7.32. The molecule has 2 aliphatic rings. The number of nitrogens with one attached hydrogen (secondary N) is 2. The third kappa shape index (κ3) is 3.35. The number of hydrogen-bond acceptors (Lipinski definition) is 3. The molecular weight excluding hydrogens is 338 g/mol. The van der Waals surface area contributed by atoms with Crippen LogP contribution in [0.25, 0.3) is 11.1 Å². The fourth-order valence-corrected chi connectivity index (χ4v) is 4.50. The van der Waals surface area contributed by atoms with Crippen molar-refractivity contribution in [1.29, 1.82) is 5.26 Å². The second-order valence-electron chi connectivity index (χ2n) is 7.28. The van der Waals surface area contributed by atoms with Crippen LogP contribution >= 0.6 is 0 Å². The molecule has 2 aromatic carbocycles. The number of ether oxygens (including phenoxy) is 1. The van der Waals surface area contributed by atoms with Gasteiger partial charge in [-0.3, -0.25) is 0 Å². The SMILES string of the molecule is COc1ccc(-c2cccc(CC#N)c2C2CCC3NC(=O)NC3C2)cc1. The number of urea groups is 1. The van der Waals surface area contributed by atoms with Crippen LogP contribution in [-0.4, -0.2) is 25.2 Å². The van der Waals surface area contributed by atoms with Crippen LogP contribution in [0.5, 0.6) is 5.75 Å². The molecule has 27 heavy (non-hydrogen) atoms. The first-order valence-corrected chi connectivity index (χ1v) is 9.39. The van der Waals surface area contributed by atoms with Gasteiger partial charge < -0.3 is 15.4 Å². The first-order chi connectivity index (χ1) is 13.2. The number of nitrogens with zero attached hydrogens (tertiary/aromatic N) is 1. The van der Waals surface area contributed by atoms with Crippen LogP contribution in [0.1, 0.15) is 36.3 Å². The number of rotatable bonds is 4. The first kappa shape index (κ1) is 17.4. The third-order valence-electron chi connectivity index (χ3n) is 5.76. The number of amides is 2. The lowest BCUT2D eigenvalue weighted by Crippen LogP contribution is -2.39. The highest BCUT2D eigenvalue weighted by Crippen LogP contribution is 2.41. The number of fused-ring (bicyclic) bond motifs is 1. The van der Waals surface area contributed by atoms with Crippen LogP contribution in [0.4, 0.5) is 4.79 Å². The summed E-state index contributed by atoms with van der Waals surface area (Å²) < 4.78 is 5.28. The minimum Gasteiger partial charge on any atom is -0.497 e. The number of carbonyl (C=O) groups excluding carboxylic acids is 1. The normalized spacial score (nSPS) is 23.7. The summed E-state index contributed by atoms with van der Waals surface area (Å²) in [6, 6.07) is 16.9. The van der Waals surface area contributed by atoms with Crippen molar-refractivity contribution in [2.24, 2.45) is 0 Å². The average molecular weight is 361 g/mol. The van der Waals surface area contributed by atoms with Crippen molar-refractivity contribution in [2.75, 3.05) is 7.11 Å². The van der Waals surface area contributed by atoms with Gasteiger partial charge in [-0.2, -0.15) is 5.26 Å². The summed E-state index contributed by atoms with van der Waals surface area (Å²) in [6.07, 6.45) is 3.26. The smallest absolute Gasteiger partial charge is 0.315 e. The number of carbonyl (C=O) groups is 1. The van der Waals surface area contributed by atoms with E-state index in [1.807, 2.05) is 18.2 Å². The zero-order valence-corrected chi connectivity index (χ0v) is 15.4. The highest BCUT2D eigenvalue weighted by molar-refractivity contribution is 5.77. The van der Waals surface area contributed by atoms with Gasteiger partial charge in [0.1, 0.15) is 5.75 Å². The van der Waals surface area contributed by atoms with E-state index in [1.165, 1.54) is 11.1 Å². The molecule has 2 N–H and O–H groups in total. The van der Waals surface area contributed by atoms with Crippen molar-refractivity contribution >= 4 is 6.03 Å². The molecule has 1 saturated heterocycles. The molecule has 5 heteroatoms. The predicted molar refractivity (Wildman–Crippen MR) is 104 cm³/mol. The molecule has 3 atom stereocenters. The molecular formula is C22H23N3O2. The summed E-state index contributed by atoms with van der Waals surface area (Å²) in [5.74, 6) is 1.15. The summed E-state index contributed by atoms with van der Waals surface area (Å²) in [4.78, 5) is 11.7. The third-order valence-corrected chi connectivity index (χ3v) is 5.76. The van der Waals surface area contributed by atoms with Gasteiger partial charge in [-0.25, -0.2) is 4.79 Å². The fourth-order valence-electron chi connectivity index (χ4n) is 4.50. The molecule has 3 unspecified atom stereocenters. The van der Waals surface area contributed by atoms with Gasteiger partial charge >= 0.3 is 6.03 Å². The minimum absolute atomic E-state index is 0.0636. The van der Waals surface area contributed by atoms with Gasteiger partial charge in [-0.15, -0.1) is 0 Å². The summed E-state index contributed by atoms with van der Waals surface area (Å²) in [5.41, 5.74) is 4.64. The molecule has 1 aliphatic heterocycles. The number of hydrogen-bond donors (Lipinski definition) is 2. The molecule has 1 saturated carbocycles.